The lowest BCUT2D eigenvalue weighted by Crippen LogP contribution is -2.39. The number of aromatic amines is 1. The molecule has 0 radical (unpaired) electrons. The topological polar surface area (TPSA) is 65.1 Å². The number of aromatic nitrogens is 1. The van der Waals surface area contributed by atoms with E-state index in [4.69, 9.17) is 11.6 Å². The number of carbonyl (C=O) groups is 1. The molecule has 1 aromatic carbocycles. The number of nitrogens with one attached hydrogen (secondary N) is 2. The van der Waals surface area contributed by atoms with E-state index in [2.05, 4.69) is 10.3 Å². The number of rotatable bonds is 5. The number of hydrogen-bond donors (Lipinski definition) is 3. The number of amides is 1. The van der Waals surface area contributed by atoms with Crippen molar-refractivity contribution >= 4 is 17.5 Å². The molecule has 5 heteroatoms. The summed E-state index contributed by atoms with van der Waals surface area (Å²) in [5, 5.41) is 12.6. The lowest BCUT2D eigenvalue weighted by atomic mass is 10.1. The molecule has 1 unspecified atom stereocenters. The van der Waals surface area contributed by atoms with Crippen molar-refractivity contribution in [1.29, 1.82) is 0 Å². The van der Waals surface area contributed by atoms with Gasteiger partial charge in [-0.2, -0.15) is 0 Å². The smallest absolute Gasteiger partial charge is 0.268 e. The number of halogens is 1. The highest BCUT2D eigenvalue weighted by Crippen LogP contribution is 2.10. The fourth-order valence-electron chi connectivity index (χ4n) is 1.82. The van der Waals surface area contributed by atoms with Crippen LogP contribution in [-0.2, 0) is 6.42 Å². The van der Waals surface area contributed by atoms with Gasteiger partial charge in [0.2, 0.25) is 0 Å². The van der Waals surface area contributed by atoms with Crippen LogP contribution in [0.5, 0.6) is 0 Å². The van der Waals surface area contributed by atoms with E-state index in [9.17, 15) is 9.90 Å². The fraction of sp³-hybridized carbons (Fsp3) is 0.214. The summed E-state index contributed by atoms with van der Waals surface area (Å²) >= 11 is 5.74. The van der Waals surface area contributed by atoms with Crippen LogP contribution < -0.4 is 5.32 Å². The van der Waals surface area contributed by atoms with Crippen LogP contribution in [0.15, 0.2) is 42.6 Å². The van der Waals surface area contributed by atoms with Crippen LogP contribution in [-0.4, -0.2) is 28.6 Å². The summed E-state index contributed by atoms with van der Waals surface area (Å²) in [6.07, 6.45) is 2.12. The molecule has 4 nitrogen and oxygen atoms in total. The minimum absolute atomic E-state index is 0.116. The number of carbonyl (C=O) groups excluding carboxylic acids is 1. The van der Waals surface area contributed by atoms with Crippen molar-refractivity contribution in [3.8, 4) is 0 Å². The largest absolute Gasteiger partial charge is 0.394 e. The first-order chi connectivity index (χ1) is 9.19. The van der Waals surface area contributed by atoms with Crippen molar-refractivity contribution in [3.05, 3.63) is 58.9 Å². The molecule has 2 rings (SSSR count). The second kappa shape index (κ2) is 6.41. The fourth-order valence-corrected chi connectivity index (χ4v) is 1.99. The summed E-state index contributed by atoms with van der Waals surface area (Å²) in [7, 11) is 0. The maximum atomic E-state index is 11.9. The molecule has 0 saturated heterocycles. The van der Waals surface area contributed by atoms with E-state index in [1.54, 1.807) is 12.3 Å². The van der Waals surface area contributed by atoms with Gasteiger partial charge in [-0.25, -0.2) is 0 Å². The van der Waals surface area contributed by atoms with Gasteiger partial charge in [0.25, 0.3) is 5.91 Å². The van der Waals surface area contributed by atoms with Crippen LogP contribution in [0.25, 0.3) is 0 Å². The zero-order valence-electron chi connectivity index (χ0n) is 10.3. The van der Waals surface area contributed by atoms with Crippen LogP contribution in [0.1, 0.15) is 16.1 Å². The molecule has 0 spiro atoms. The monoisotopic (exact) mass is 278 g/mol. The van der Waals surface area contributed by atoms with Crippen LogP contribution >= 0.6 is 11.6 Å². The van der Waals surface area contributed by atoms with Crippen molar-refractivity contribution in [1.82, 2.24) is 10.3 Å². The number of H-pyrrole nitrogens is 1. The van der Waals surface area contributed by atoms with Crippen LogP contribution in [0.3, 0.4) is 0 Å². The van der Waals surface area contributed by atoms with Gasteiger partial charge >= 0.3 is 0 Å². The SMILES string of the molecule is O=C(NC(CO)Cc1ccccc1)c1cc(Cl)c[nH]1. The zero-order valence-corrected chi connectivity index (χ0v) is 11.0. The Labute approximate surface area is 116 Å². The second-order valence-corrected chi connectivity index (χ2v) is 4.71. The quantitative estimate of drug-likeness (QED) is 0.783. The third-order valence-electron chi connectivity index (χ3n) is 2.77. The van der Waals surface area contributed by atoms with Gasteiger partial charge < -0.3 is 15.4 Å². The van der Waals surface area contributed by atoms with E-state index in [0.717, 1.165) is 5.56 Å². The first-order valence-corrected chi connectivity index (χ1v) is 6.36. The predicted molar refractivity (Wildman–Crippen MR) is 74.3 cm³/mol. The molecule has 0 aliphatic heterocycles. The molecule has 1 aromatic heterocycles. The number of aliphatic hydroxyl groups excluding tert-OH is 1. The molecular formula is C14H15ClN2O2. The Hall–Kier alpha value is -1.78. The summed E-state index contributed by atoms with van der Waals surface area (Å²) in [4.78, 5) is 14.7. The molecular weight excluding hydrogens is 264 g/mol. The van der Waals surface area contributed by atoms with Gasteiger partial charge in [-0.15, -0.1) is 0 Å². The van der Waals surface area contributed by atoms with E-state index < -0.39 is 0 Å². The highest BCUT2D eigenvalue weighted by Gasteiger charge is 2.14. The Morgan fingerprint density at radius 3 is 2.68 bits per heavy atom. The molecule has 100 valence electrons. The summed E-state index contributed by atoms with van der Waals surface area (Å²) < 4.78 is 0. The second-order valence-electron chi connectivity index (χ2n) is 4.27. The Morgan fingerprint density at radius 2 is 2.11 bits per heavy atom. The Morgan fingerprint density at radius 1 is 1.37 bits per heavy atom. The highest BCUT2D eigenvalue weighted by molar-refractivity contribution is 6.30. The van der Waals surface area contributed by atoms with Crippen molar-refractivity contribution in [3.63, 3.8) is 0 Å². The van der Waals surface area contributed by atoms with E-state index in [1.807, 2.05) is 30.3 Å². The summed E-state index contributed by atoms with van der Waals surface area (Å²) in [6, 6.07) is 10.9. The average molecular weight is 279 g/mol. The molecule has 1 atom stereocenters. The number of aliphatic hydroxyl groups is 1. The first-order valence-electron chi connectivity index (χ1n) is 5.98. The summed E-state index contributed by atoms with van der Waals surface area (Å²) in [6.45, 7) is -0.116. The van der Waals surface area contributed by atoms with Gasteiger partial charge in [0.05, 0.1) is 17.7 Å². The molecule has 2 aromatic rings. The Balaban J connectivity index is 1.97. The van der Waals surface area contributed by atoms with Crippen molar-refractivity contribution in [2.24, 2.45) is 0 Å². The average Bonchev–Trinajstić information content (AvgIpc) is 2.86. The van der Waals surface area contributed by atoms with E-state index in [1.165, 1.54) is 0 Å². The molecule has 1 heterocycles. The third kappa shape index (κ3) is 3.84. The van der Waals surface area contributed by atoms with Gasteiger partial charge in [-0.1, -0.05) is 41.9 Å². The molecule has 0 bridgehead atoms. The highest BCUT2D eigenvalue weighted by atomic mass is 35.5. The molecule has 1 amide bonds. The van der Waals surface area contributed by atoms with Crippen LogP contribution in [0, 0.1) is 0 Å². The van der Waals surface area contributed by atoms with Gasteiger partial charge in [0, 0.05) is 6.20 Å². The van der Waals surface area contributed by atoms with Crippen LogP contribution in [0.4, 0.5) is 0 Å². The van der Waals surface area contributed by atoms with Gasteiger partial charge in [-0.05, 0) is 18.1 Å². The van der Waals surface area contributed by atoms with Crippen molar-refractivity contribution < 1.29 is 9.90 Å². The minimum atomic E-state index is -0.322. The van der Waals surface area contributed by atoms with Gasteiger partial charge in [0.15, 0.2) is 0 Å². The zero-order chi connectivity index (χ0) is 13.7. The number of benzene rings is 1. The summed E-state index contributed by atoms with van der Waals surface area (Å²) in [5.74, 6) is -0.276. The van der Waals surface area contributed by atoms with Gasteiger partial charge in [-0.3, -0.25) is 4.79 Å². The van der Waals surface area contributed by atoms with Crippen molar-refractivity contribution in [2.75, 3.05) is 6.61 Å². The van der Waals surface area contributed by atoms with Gasteiger partial charge in [0.1, 0.15) is 5.69 Å². The first kappa shape index (κ1) is 13.6. The maximum absolute atomic E-state index is 11.9. The minimum Gasteiger partial charge on any atom is -0.394 e. The van der Waals surface area contributed by atoms with Crippen LogP contribution in [0.2, 0.25) is 5.02 Å². The molecule has 0 aliphatic carbocycles. The van der Waals surface area contributed by atoms with E-state index in [-0.39, 0.29) is 18.6 Å². The lowest BCUT2D eigenvalue weighted by molar-refractivity contribution is 0.0912. The Bertz CT molecular complexity index is 539. The third-order valence-corrected chi connectivity index (χ3v) is 2.99. The van der Waals surface area contributed by atoms with E-state index in [0.29, 0.717) is 17.1 Å². The number of hydrogen-bond acceptors (Lipinski definition) is 2. The molecule has 0 fully saturated rings. The predicted octanol–water partition coefficient (Wildman–Crippen LogP) is 2.00. The molecule has 0 aliphatic rings. The molecule has 3 N–H and O–H groups in total. The maximum Gasteiger partial charge on any atom is 0.268 e. The molecule has 0 saturated carbocycles. The Kier molecular flexibility index (Phi) is 4.60. The standard InChI is InChI=1S/C14H15ClN2O2/c15-11-7-13(16-8-11)14(19)17-12(9-18)6-10-4-2-1-3-5-10/h1-5,7-8,12,16,18H,6,9H2,(H,17,19). The lowest BCUT2D eigenvalue weighted by Gasteiger charge is -2.15. The van der Waals surface area contributed by atoms with E-state index >= 15 is 0 Å². The van der Waals surface area contributed by atoms with Crippen molar-refractivity contribution in [2.45, 2.75) is 12.5 Å². The normalized spacial score (nSPS) is 12.1. The summed E-state index contributed by atoms with van der Waals surface area (Å²) in [5.41, 5.74) is 1.45. The molecule has 19 heavy (non-hydrogen) atoms.